The van der Waals surface area contributed by atoms with Crippen LogP contribution in [0.5, 0.6) is 0 Å². The molecule has 86 valence electrons. The van der Waals surface area contributed by atoms with Crippen LogP contribution < -0.4 is 0 Å². The Morgan fingerprint density at radius 2 is 2.12 bits per heavy atom. The number of benzene rings is 1. The van der Waals surface area contributed by atoms with Crippen molar-refractivity contribution in [1.29, 1.82) is 0 Å². The van der Waals surface area contributed by atoms with Gasteiger partial charge in [-0.15, -0.1) is 0 Å². The van der Waals surface area contributed by atoms with E-state index in [-0.39, 0.29) is 11.8 Å². The highest BCUT2D eigenvalue weighted by atomic mass is 32.2. The Balaban J connectivity index is 2.06. The van der Waals surface area contributed by atoms with Crippen LogP contribution in [-0.2, 0) is 11.2 Å². The Morgan fingerprint density at radius 1 is 1.35 bits per heavy atom. The van der Waals surface area contributed by atoms with Crippen LogP contribution in [0.2, 0.25) is 0 Å². The third kappa shape index (κ3) is 1.58. The number of rotatable bonds is 0. The van der Waals surface area contributed by atoms with E-state index in [1.54, 1.807) is 0 Å². The predicted molar refractivity (Wildman–Crippen MR) is 65.1 cm³/mol. The molecule has 1 unspecified atom stereocenters. The van der Waals surface area contributed by atoms with E-state index in [1.807, 2.05) is 24.3 Å². The minimum atomic E-state index is -0.465. The smallest absolute Gasteiger partial charge is 0.274 e. The van der Waals surface area contributed by atoms with Crippen LogP contribution in [0.4, 0.5) is 4.79 Å². The summed E-state index contributed by atoms with van der Waals surface area (Å²) < 4.78 is 0. The summed E-state index contributed by atoms with van der Waals surface area (Å²) >= 11 is 1.43. The number of carbonyl (C=O) groups is 2. The number of amides is 3. The summed E-state index contributed by atoms with van der Waals surface area (Å²) in [7, 11) is 1.48. The maximum atomic E-state index is 12.0. The highest BCUT2D eigenvalue weighted by Crippen LogP contribution is 2.37. The minimum Gasteiger partial charge on any atom is -0.274 e. The normalized spacial score (nSPS) is 23.0. The number of nitrogens with zero attached hydrogens (tertiary/aromatic N) is 2. The maximum Gasteiger partial charge on any atom is 0.350 e. The van der Waals surface area contributed by atoms with Gasteiger partial charge in [-0.05, 0) is 18.1 Å². The highest BCUT2D eigenvalue weighted by molar-refractivity contribution is 8.14. The van der Waals surface area contributed by atoms with Crippen LogP contribution >= 0.6 is 11.8 Å². The van der Waals surface area contributed by atoms with E-state index in [2.05, 4.69) is 4.99 Å². The van der Waals surface area contributed by atoms with Crippen LogP contribution in [0, 0.1) is 5.92 Å². The standard InChI is InChI=1S/C12H10N2O2S/c1-14-11(15)8-6-7-4-2-3-5-9(7)17-10(8)13-12(14)16/h2-5,8H,6H2,1H3. The van der Waals surface area contributed by atoms with Crippen molar-refractivity contribution in [3.63, 3.8) is 0 Å². The van der Waals surface area contributed by atoms with Gasteiger partial charge in [-0.25, -0.2) is 4.79 Å². The Kier molecular flexibility index (Phi) is 2.29. The molecule has 0 aromatic heterocycles. The van der Waals surface area contributed by atoms with Gasteiger partial charge in [0.25, 0.3) is 0 Å². The van der Waals surface area contributed by atoms with Crippen LogP contribution in [-0.4, -0.2) is 28.9 Å². The van der Waals surface area contributed by atoms with E-state index in [1.165, 1.54) is 18.8 Å². The Bertz CT molecular complexity index is 553. The van der Waals surface area contributed by atoms with E-state index in [0.717, 1.165) is 15.4 Å². The van der Waals surface area contributed by atoms with Gasteiger partial charge in [0.15, 0.2) is 0 Å². The zero-order valence-corrected chi connectivity index (χ0v) is 10.0. The molecule has 0 spiro atoms. The number of hydrogen-bond donors (Lipinski definition) is 0. The zero-order chi connectivity index (χ0) is 12.0. The zero-order valence-electron chi connectivity index (χ0n) is 9.21. The Morgan fingerprint density at radius 3 is 2.94 bits per heavy atom. The lowest BCUT2D eigenvalue weighted by Gasteiger charge is -2.30. The van der Waals surface area contributed by atoms with Gasteiger partial charge in [-0.3, -0.25) is 9.69 Å². The maximum absolute atomic E-state index is 12.0. The molecule has 5 heteroatoms. The molecule has 4 nitrogen and oxygen atoms in total. The predicted octanol–water partition coefficient (Wildman–Crippen LogP) is 1.94. The summed E-state index contributed by atoms with van der Waals surface area (Å²) in [6, 6.07) is 7.46. The molecule has 0 saturated heterocycles. The molecule has 0 bridgehead atoms. The summed E-state index contributed by atoms with van der Waals surface area (Å²) in [5.74, 6) is -0.431. The van der Waals surface area contributed by atoms with Crippen molar-refractivity contribution in [3.05, 3.63) is 29.8 Å². The van der Waals surface area contributed by atoms with E-state index >= 15 is 0 Å². The minimum absolute atomic E-state index is 0.151. The molecule has 17 heavy (non-hydrogen) atoms. The second-order valence-electron chi connectivity index (χ2n) is 4.10. The number of fused-ring (bicyclic) bond motifs is 2. The molecule has 2 aliphatic rings. The first-order valence-corrected chi connectivity index (χ1v) is 6.14. The molecule has 3 rings (SSSR count). The second kappa shape index (κ2) is 3.70. The van der Waals surface area contributed by atoms with Crippen molar-refractivity contribution >= 4 is 28.7 Å². The lowest BCUT2D eigenvalue weighted by atomic mass is 9.97. The van der Waals surface area contributed by atoms with Gasteiger partial charge in [0.05, 0.1) is 11.0 Å². The van der Waals surface area contributed by atoms with Gasteiger partial charge in [-0.1, -0.05) is 30.0 Å². The van der Waals surface area contributed by atoms with Crippen LogP contribution in [0.3, 0.4) is 0 Å². The first kappa shape index (κ1) is 10.5. The third-order valence-corrected chi connectivity index (χ3v) is 4.23. The Hall–Kier alpha value is -1.62. The van der Waals surface area contributed by atoms with Crippen molar-refractivity contribution in [3.8, 4) is 0 Å². The number of imide groups is 1. The molecular formula is C12H10N2O2S. The fraction of sp³-hybridized carbons (Fsp3) is 0.250. The van der Waals surface area contributed by atoms with Crippen LogP contribution in [0.25, 0.3) is 0 Å². The highest BCUT2D eigenvalue weighted by Gasteiger charge is 2.38. The fourth-order valence-corrected chi connectivity index (χ4v) is 3.16. The first-order chi connectivity index (χ1) is 8.16. The summed E-state index contributed by atoms with van der Waals surface area (Å²) in [4.78, 5) is 29.6. The number of hydrogen-bond acceptors (Lipinski definition) is 3. The van der Waals surface area contributed by atoms with E-state index in [9.17, 15) is 9.59 Å². The van der Waals surface area contributed by atoms with Crippen LogP contribution in [0.15, 0.2) is 34.2 Å². The van der Waals surface area contributed by atoms with E-state index in [4.69, 9.17) is 0 Å². The van der Waals surface area contributed by atoms with Gasteiger partial charge in [0, 0.05) is 11.9 Å². The van der Waals surface area contributed by atoms with Crippen molar-refractivity contribution in [2.24, 2.45) is 10.9 Å². The quantitative estimate of drug-likeness (QED) is 0.703. The number of thioether (sulfide) groups is 1. The molecule has 1 aromatic rings. The molecule has 3 amide bonds. The van der Waals surface area contributed by atoms with Crippen molar-refractivity contribution in [2.75, 3.05) is 7.05 Å². The first-order valence-electron chi connectivity index (χ1n) is 5.32. The average molecular weight is 246 g/mol. The summed E-state index contributed by atoms with van der Waals surface area (Å²) in [5, 5.41) is 0.636. The van der Waals surface area contributed by atoms with E-state index < -0.39 is 6.03 Å². The molecule has 2 heterocycles. The van der Waals surface area contributed by atoms with Gasteiger partial charge in [0.1, 0.15) is 0 Å². The van der Waals surface area contributed by atoms with Gasteiger partial charge in [-0.2, -0.15) is 4.99 Å². The number of urea groups is 1. The SMILES string of the molecule is CN1C(=O)N=C2Sc3ccccc3CC2C1=O. The third-order valence-electron chi connectivity index (χ3n) is 3.03. The molecular weight excluding hydrogens is 236 g/mol. The number of carbonyl (C=O) groups excluding carboxylic acids is 2. The van der Waals surface area contributed by atoms with Gasteiger partial charge < -0.3 is 0 Å². The van der Waals surface area contributed by atoms with Crippen molar-refractivity contribution in [1.82, 2.24) is 4.90 Å². The molecule has 1 aromatic carbocycles. The molecule has 0 aliphatic carbocycles. The average Bonchev–Trinajstić information content (AvgIpc) is 2.34. The summed E-state index contributed by atoms with van der Waals surface area (Å²) in [6.07, 6.45) is 0.637. The van der Waals surface area contributed by atoms with Gasteiger partial charge >= 0.3 is 6.03 Å². The van der Waals surface area contributed by atoms with Gasteiger partial charge in [0.2, 0.25) is 5.91 Å². The monoisotopic (exact) mass is 246 g/mol. The molecule has 2 aliphatic heterocycles. The molecule has 0 fully saturated rings. The largest absolute Gasteiger partial charge is 0.350 e. The lowest BCUT2D eigenvalue weighted by molar-refractivity contribution is -0.129. The molecule has 1 atom stereocenters. The second-order valence-corrected chi connectivity index (χ2v) is 5.16. The lowest BCUT2D eigenvalue weighted by Crippen LogP contribution is -2.45. The topological polar surface area (TPSA) is 49.7 Å². The van der Waals surface area contributed by atoms with Crippen molar-refractivity contribution in [2.45, 2.75) is 11.3 Å². The molecule has 0 N–H and O–H groups in total. The summed E-state index contributed by atoms with van der Waals surface area (Å²) in [5.41, 5.74) is 1.15. The fourth-order valence-electron chi connectivity index (χ4n) is 2.05. The van der Waals surface area contributed by atoms with Crippen molar-refractivity contribution < 1.29 is 9.59 Å². The molecule has 0 saturated carbocycles. The number of aliphatic imine (C=N–C) groups is 1. The van der Waals surface area contributed by atoms with Crippen LogP contribution in [0.1, 0.15) is 5.56 Å². The summed E-state index contributed by atoms with van der Waals surface area (Å²) in [6.45, 7) is 0. The van der Waals surface area contributed by atoms with E-state index in [0.29, 0.717) is 11.5 Å². The molecule has 0 radical (unpaired) electrons. The Labute approximate surface area is 103 Å².